The molecule has 9 nitrogen and oxygen atoms in total. The van der Waals surface area contributed by atoms with Crippen molar-refractivity contribution in [1.29, 1.82) is 0 Å². The quantitative estimate of drug-likeness (QED) is 0.495. The molecule has 2 heterocycles. The van der Waals surface area contributed by atoms with E-state index in [4.69, 9.17) is 42.8 Å². The van der Waals surface area contributed by atoms with Gasteiger partial charge in [-0.05, 0) is 42.5 Å². The number of urea groups is 1. The molecule has 4 rings (SSSR count). The van der Waals surface area contributed by atoms with Crippen molar-refractivity contribution in [2.24, 2.45) is 0 Å². The van der Waals surface area contributed by atoms with Gasteiger partial charge in [-0.25, -0.2) is 4.79 Å². The smallest absolute Gasteiger partial charge is 0.323 e. The summed E-state index contributed by atoms with van der Waals surface area (Å²) >= 11 is 11.7. The summed E-state index contributed by atoms with van der Waals surface area (Å²) < 4.78 is 22.1. The van der Waals surface area contributed by atoms with Crippen molar-refractivity contribution in [1.82, 2.24) is 15.2 Å². The first-order chi connectivity index (χ1) is 16.5. The van der Waals surface area contributed by atoms with Crippen LogP contribution in [0.4, 0.5) is 10.5 Å². The molecule has 178 valence electrons. The highest BCUT2D eigenvalue weighted by Gasteiger charge is 2.18. The first-order valence-corrected chi connectivity index (χ1v) is 11.2. The summed E-state index contributed by atoms with van der Waals surface area (Å²) in [6.07, 6.45) is 1.64. The maximum Gasteiger partial charge on any atom is 0.323 e. The minimum Gasteiger partial charge on any atom is -0.493 e. The summed E-state index contributed by atoms with van der Waals surface area (Å²) in [6, 6.07) is 10.2. The van der Waals surface area contributed by atoms with Crippen molar-refractivity contribution >= 4 is 51.6 Å². The number of morpholine rings is 1. The van der Waals surface area contributed by atoms with Crippen molar-refractivity contribution in [2.45, 2.75) is 0 Å². The number of fused-ring (bicyclic) bond motifs is 1. The number of carbonyl (C=O) groups excluding carboxylic acids is 1. The van der Waals surface area contributed by atoms with Crippen LogP contribution in [-0.4, -0.2) is 61.6 Å². The van der Waals surface area contributed by atoms with Gasteiger partial charge in [-0.2, -0.15) is 0 Å². The molecule has 0 atom stereocenters. The number of anilines is 1. The molecule has 0 bridgehead atoms. The minimum atomic E-state index is -0.275. The molecule has 0 radical (unpaired) electrons. The zero-order chi connectivity index (χ0) is 24.1. The Morgan fingerprint density at radius 1 is 1.06 bits per heavy atom. The fourth-order valence-electron chi connectivity index (χ4n) is 3.42. The Hall–Kier alpha value is -3.34. The Morgan fingerprint density at radius 2 is 1.79 bits per heavy atom. The number of benzene rings is 2. The molecular formula is C23H23ClN4O5S. The number of hydrogen-bond acceptors (Lipinski definition) is 7. The lowest BCUT2D eigenvalue weighted by Crippen LogP contribution is -2.48. The van der Waals surface area contributed by atoms with E-state index in [1.54, 1.807) is 61.7 Å². The van der Waals surface area contributed by atoms with Crippen LogP contribution in [0.5, 0.6) is 23.0 Å². The van der Waals surface area contributed by atoms with E-state index in [1.807, 2.05) is 0 Å². The molecule has 11 heteroatoms. The number of carbonyl (C=O) groups is 1. The van der Waals surface area contributed by atoms with E-state index in [-0.39, 0.29) is 11.1 Å². The van der Waals surface area contributed by atoms with E-state index in [0.717, 1.165) is 5.39 Å². The number of nitrogens with zero attached hydrogens (tertiary/aromatic N) is 2. The van der Waals surface area contributed by atoms with Crippen LogP contribution >= 0.6 is 23.8 Å². The third kappa shape index (κ3) is 5.41. The zero-order valence-electron chi connectivity index (χ0n) is 18.6. The van der Waals surface area contributed by atoms with Gasteiger partial charge in [0.05, 0.1) is 38.0 Å². The van der Waals surface area contributed by atoms with Gasteiger partial charge in [0.25, 0.3) is 0 Å². The number of rotatable bonds is 5. The lowest BCUT2D eigenvalue weighted by atomic mass is 10.2. The Bertz CT molecular complexity index is 1220. The van der Waals surface area contributed by atoms with Crippen molar-refractivity contribution in [3.05, 3.63) is 47.6 Å². The number of methoxy groups -OCH3 is 2. The summed E-state index contributed by atoms with van der Waals surface area (Å²) in [5, 5.41) is 6.89. The van der Waals surface area contributed by atoms with Gasteiger partial charge < -0.3 is 29.2 Å². The predicted octanol–water partition coefficient (Wildman–Crippen LogP) is 4.44. The summed E-state index contributed by atoms with van der Waals surface area (Å²) in [5.74, 6) is 2.13. The second-order valence-corrected chi connectivity index (χ2v) is 8.08. The van der Waals surface area contributed by atoms with Gasteiger partial charge in [-0.3, -0.25) is 10.3 Å². The van der Waals surface area contributed by atoms with Crippen molar-refractivity contribution in [3.8, 4) is 23.0 Å². The van der Waals surface area contributed by atoms with Gasteiger partial charge in [0.1, 0.15) is 11.5 Å². The van der Waals surface area contributed by atoms with E-state index in [0.29, 0.717) is 65.5 Å². The fraction of sp³-hybridized carbons (Fsp3) is 0.261. The highest BCUT2D eigenvalue weighted by atomic mass is 35.5. The van der Waals surface area contributed by atoms with Gasteiger partial charge in [0.15, 0.2) is 16.6 Å². The van der Waals surface area contributed by atoms with Gasteiger partial charge in [0.2, 0.25) is 0 Å². The number of hydrogen-bond donors (Lipinski definition) is 2. The highest BCUT2D eigenvalue weighted by molar-refractivity contribution is 7.80. The average molecular weight is 503 g/mol. The molecule has 0 aliphatic carbocycles. The lowest BCUT2D eigenvalue weighted by Gasteiger charge is -2.27. The van der Waals surface area contributed by atoms with Crippen molar-refractivity contribution in [2.75, 3.05) is 45.8 Å². The van der Waals surface area contributed by atoms with Crippen molar-refractivity contribution < 1.29 is 23.7 Å². The molecule has 0 unspecified atom stereocenters. The van der Waals surface area contributed by atoms with E-state index in [2.05, 4.69) is 15.6 Å². The highest BCUT2D eigenvalue weighted by Crippen LogP contribution is 2.38. The first kappa shape index (κ1) is 23.8. The second-order valence-electron chi connectivity index (χ2n) is 7.26. The molecule has 2 N–H and O–H groups in total. The molecule has 2 amide bonds. The zero-order valence-corrected chi connectivity index (χ0v) is 20.2. The Labute approximate surface area is 206 Å². The molecule has 1 aliphatic heterocycles. The summed E-state index contributed by atoms with van der Waals surface area (Å²) in [6.45, 7) is 2.07. The van der Waals surface area contributed by atoms with Crippen LogP contribution in [0, 0.1) is 0 Å². The number of halogens is 1. The van der Waals surface area contributed by atoms with E-state index in [1.165, 1.54) is 0 Å². The van der Waals surface area contributed by atoms with Gasteiger partial charge in [-0.15, -0.1) is 0 Å². The third-order valence-corrected chi connectivity index (χ3v) is 5.63. The van der Waals surface area contributed by atoms with Crippen LogP contribution in [0.1, 0.15) is 0 Å². The van der Waals surface area contributed by atoms with Gasteiger partial charge in [0, 0.05) is 36.4 Å². The summed E-state index contributed by atoms with van der Waals surface area (Å²) in [4.78, 5) is 18.3. The van der Waals surface area contributed by atoms with Crippen LogP contribution in [0.2, 0.25) is 5.02 Å². The molecular weight excluding hydrogens is 480 g/mol. The van der Waals surface area contributed by atoms with E-state index < -0.39 is 0 Å². The van der Waals surface area contributed by atoms with Crippen LogP contribution < -0.4 is 24.8 Å². The normalized spacial score (nSPS) is 13.3. The minimum absolute atomic E-state index is 0.169. The molecule has 34 heavy (non-hydrogen) atoms. The van der Waals surface area contributed by atoms with Crippen LogP contribution in [-0.2, 0) is 4.74 Å². The maximum atomic E-state index is 12.3. The number of thiocarbonyl (C=S) groups is 1. The summed E-state index contributed by atoms with van der Waals surface area (Å²) in [7, 11) is 3.14. The SMILES string of the molecule is COc1cc2nccc(Oc3ccc(NC(=S)NC(=O)N4CCOCC4)cc3Cl)c2cc1OC. The second kappa shape index (κ2) is 10.7. The number of pyridine rings is 1. The third-order valence-electron chi connectivity index (χ3n) is 5.14. The number of nitrogens with one attached hydrogen (secondary N) is 2. The van der Waals surface area contributed by atoms with Crippen LogP contribution in [0.15, 0.2) is 42.6 Å². The standard InChI is InChI=1S/C23H23ClN4O5S/c1-30-20-12-15-17(13-21(20)31-2)25-6-5-18(15)33-19-4-3-14(11-16(19)24)26-22(34)27-23(29)28-7-9-32-10-8-28/h3-6,11-13H,7-10H2,1-2H3,(H2,26,27,29,34). The average Bonchev–Trinajstić information content (AvgIpc) is 2.85. The van der Waals surface area contributed by atoms with Crippen LogP contribution in [0.25, 0.3) is 10.9 Å². The molecule has 2 aromatic carbocycles. The molecule has 1 saturated heterocycles. The largest absolute Gasteiger partial charge is 0.493 e. The molecule has 1 aromatic heterocycles. The monoisotopic (exact) mass is 502 g/mol. The van der Waals surface area contributed by atoms with Gasteiger partial charge >= 0.3 is 6.03 Å². The Kier molecular flexibility index (Phi) is 7.51. The predicted molar refractivity (Wildman–Crippen MR) is 134 cm³/mol. The van der Waals surface area contributed by atoms with Crippen LogP contribution in [0.3, 0.4) is 0 Å². The van der Waals surface area contributed by atoms with Gasteiger partial charge in [-0.1, -0.05) is 11.6 Å². The summed E-state index contributed by atoms with van der Waals surface area (Å²) in [5.41, 5.74) is 1.29. The lowest BCUT2D eigenvalue weighted by molar-refractivity contribution is 0.0543. The Morgan fingerprint density at radius 3 is 2.50 bits per heavy atom. The molecule has 0 saturated carbocycles. The molecule has 1 aliphatic rings. The fourth-order valence-corrected chi connectivity index (χ4v) is 3.85. The Balaban J connectivity index is 1.47. The number of ether oxygens (including phenoxy) is 4. The molecule has 0 spiro atoms. The number of amides is 2. The van der Waals surface area contributed by atoms with E-state index in [9.17, 15) is 4.79 Å². The topological polar surface area (TPSA) is 94.2 Å². The van der Waals surface area contributed by atoms with E-state index >= 15 is 0 Å². The molecule has 3 aromatic rings. The van der Waals surface area contributed by atoms with Crippen molar-refractivity contribution in [3.63, 3.8) is 0 Å². The first-order valence-electron chi connectivity index (χ1n) is 10.4. The molecule has 1 fully saturated rings. The maximum absolute atomic E-state index is 12.3. The number of aromatic nitrogens is 1.